The number of para-hydroxylation sites is 2. The van der Waals surface area contributed by atoms with E-state index in [1.807, 2.05) is 27.7 Å². The van der Waals surface area contributed by atoms with Crippen molar-refractivity contribution in [2.75, 3.05) is 13.2 Å². The number of rotatable bonds is 10. The van der Waals surface area contributed by atoms with E-state index < -0.39 is 19.9 Å². The van der Waals surface area contributed by atoms with Gasteiger partial charge in [-0.1, -0.05) is 57.2 Å². The lowest BCUT2D eigenvalue weighted by Gasteiger charge is -2.37. The van der Waals surface area contributed by atoms with Gasteiger partial charge < -0.3 is 28.7 Å². The van der Waals surface area contributed by atoms with E-state index in [-0.39, 0.29) is 5.04 Å². The molecule has 0 bridgehead atoms. The van der Waals surface area contributed by atoms with E-state index in [0.29, 0.717) is 19.1 Å². The summed E-state index contributed by atoms with van der Waals surface area (Å²) in [5, 5.41) is 3.91. The summed E-state index contributed by atoms with van der Waals surface area (Å²) in [5.74, 6) is 1.09. The third-order valence-corrected chi connectivity index (χ3v) is 12.8. The normalized spacial score (nSPS) is 18.9. The maximum atomic E-state index is 6.72. The summed E-state index contributed by atoms with van der Waals surface area (Å²) < 4.78 is 30.9. The molecule has 1 N–H and O–H groups in total. The molecule has 39 heavy (non-hydrogen) atoms. The minimum Gasteiger partial charge on any atom is -0.462 e. The first-order chi connectivity index (χ1) is 18.2. The van der Waals surface area contributed by atoms with E-state index in [9.17, 15) is 0 Å². The summed E-state index contributed by atoms with van der Waals surface area (Å²) in [6.07, 6.45) is 1.94. The fourth-order valence-corrected chi connectivity index (χ4v) is 5.80. The first-order valence-corrected chi connectivity index (χ1v) is 17.3. The standard InChI is InChI=1S/C32H49NO5Si/c1-30(2,3)39(8,9)36-20-23(16-17-24-12-10-14-26-21-34-31(4,5)37-28(24)26)18-33-19-25-13-11-15-27-22-35-32(6,7)38-29(25)27/h10-15,23,33H,16-22H2,1-9H3. The lowest BCUT2D eigenvalue weighted by atomic mass is 9.97. The molecule has 2 aromatic carbocycles. The van der Waals surface area contributed by atoms with Crippen LogP contribution in [0.5, 0.6) is 11.5 Å². The zero-order valence-electron chi connectivity index (χ0n) is 25.5. The van der Waals surface area contributed by atoms with E-state index in [4.69, 9.17) is 23.4 Å². The van der Waals surface area contributed by atoms with Crippen LogP contribution >= 0.6 is 0 Å². The largest absolute Gasteiger partial charge is 0.462 e. The van der Waals surface area contributed by atoms with Crippen molar-refractivity contribution in [2.45, 2.75) is 111 Å². The van der Waals surface area contributed by atoms with E-state index in [1.165, 1.54) is 11.1 Å². The van der Waals surface area contributed by atoms with Crippen LogP contribution in [0.3, 0.4) is 0 Å². The minimum absolute atomic E-state index is 0.179. The highest BCUT2D eigenvalue weighted by atomic mass is 28.4. The molecule has 1 atom stereocenters. The van der Waals surface area contributed by atoms with Gasteiger partial charge in [0.15, 0.2) is 8.32 Å². The molecule has 2 aliphatic rings. The van der Waals surface area contributed by atoms with Gasteiger partial charge in [-0.15, -0.1) is 0 Å². The summed E-state index contributed by atoms with van der Waals surface area (Å²) in [5.41, 5.74) is 4.64. The summed E-state index contributed by atoms with van der Waals surface area (Å²) >= 11 is 0. The van der Waals surface area contributed by atoms with Gasteiger partial charge in [0.1, 0.15) is 11.5 Å². The van der Waals surface area contributed by atoms with Crippen molar-refractivity contribution in [3.8, 4) is 11.5 Å². The number of benzene rings is 2. The van der Waals surface area contributed by atoms with Crippen LogP contribution in [-0.4, -0.2) is 33.0 Å². The minimum atomic E-state index is -1.86. The van der Waals surface area contributed by atoms with Crippen LogP contribution in [0.2, 0.25) is 18.1 Å². The van der Waals surface area contributed by atoms with E-state index in [2.05, 4.69) is 75.6 Å². The van der Waals surface area contributed by atoms with Crippen LogP contribution in [-0.2, 0) is 40.1 Å². The zero-order valence-corrected chi connectivity index (χ0v) is 26.5. The zero-order chi connectivity index (χ0) is 28.5. The third-order valence-electron chi connectivity index (χ3n) is 8.26. The van der Waals surface area contributed by atoms with Gasteiger partial charge in [-0.2, -0.15) is 0 Å². The Morgan fingerprint density at radius 1 is 0.872 bits per heavy atom. The van der Waals surface area contributed by atoms with Crippen LogP contribution in [0.4, 0.5) is 0 Å². The Kier molecular flexibility index (Phi) is 8.89. The van der Waals surface area contributed by atoms with Gasteiger partial charge in [-0.3, -0.25) is 0 Å². The average Bonchev–Trinajstić information content (AvgIpc) is 2.84. The molecule has 6 nitrogen and oxygen atoms in total. The summed E-state index contributed by atoms with van der Waals surface area (Å²) in [6, 6.07) is 12.7. The fraction of sp³-hybridized carbons (Fsp3) is 0.625. The molecule has 216 valence electrons. The van der Waals surface area contributed by atoms with Gasteiger partial charge in [0, 0.05) is 64.1 Å². The number of nitrogens with one attached hydrogen (secondary N) is 1. The lowest BCUT2D eigenvalue weighted by molar-refractivity contribution is -0.180. The molecule has 0 saturated carbocycles. The first kappa shape index (κ1) is 30.1. The molecule has 1 unspecified atom stereocenters. The molecule has 0 aliphatic carbocycles. The van der Waals surface area contributed by atoms with Crippen molar-refractivity contribution in [1.82, 2.24) is 5.32 Å². The molecule has 7 heteroatoms. The second-order valence-corrected chi connectivity index (χ2v) is 18.3. The van der Waals surface area contributed by atoms with E-state index >= 15 is 0 Å². The van der Waals surface area contributed by atoms with E-state index in [0.717, 1.165) is 55.2 Å². The predicted octanol–water partition coefficient (Wildman–Crippen LogP) is 7.34. The molecule has 0 radical (unpaired) electrons. The predicted molar refractivity (Wildman–Crippen MR) is 159 cm³/mol. The van der Waals surface area contributed by atoms with Crippen molar-refractivity contribution in [3.63, 3.8) is 0 Å². The van der Waals surface area contributed by atoms with Crippen LogP contribution < -0.4 is 14.8 Å². The Labute approximate surface area is 236 Å². The molecule has 0 aromatic heterocycles. The molecule has 0 saturated heterocycles. The average molecular weight is 556 g/mol. The Balaban J connectivity index is 1.45. The number of hydrogen-bond donors (Lipinski definition) is 1. The number of hydrogen-bond acceptors (Lipinski definition) is 6. The Hall–Kier alpha value is -1.90. The highest BCUT2D eigenvalue weighted by Gasteiger charge is 2.37. The third kappa shape index (κ3) is 7.64. The Morgan fingerprint density at radius 3 is 1.97 bits per heavy atom. The maximum absolute atomic E-state index is 6.72. The van der Waals surface area contributed by atoms with E-state index in [1.54, 1.807) is 0 Å². The van der Waals surface area contributed by atoms with Gasteiger partial charge in [-0.05, 0) is 42.5 Å². The van der Waals surface area contributed by atoms with Crippen LogP contribution in [0, 0.1) is 5.92 Å². The maximum Gasteiger partial charge on any atom is 0.205 e. The molecule has 0 fully saturated rings. The van der Waals surface area contributed by atoms with Crippen molar-refractivity contribution in [3.05, 3.63) is 58.7 Å². The Bertz CT molecular complexity index is 1140. The number of ether oxygens (including phenoxy) is 4. The highest BCUT2D eigenvalue weighted by molar-refractivity contribution is 6.74. The summed E-state index contributed by atoms with van der Waals surface area (Å²) in [4.78, 5) is 0. The molecule has 0 spiro atoms. The molecule has 4 rings (SSSR count). The fourth-order valence-electron chi connectivity index (χ4n) is 4.71. The molecule has 0 amide bonds. The summed E-state index contributed by atoms with van der Waals surface area (Å²) in [6.45, 7) is 23.0. The number of aryl methyl sites for hydroxylation is 1. The number of fused-ring (bicyclic) bond motifs is 2. The Morgan fingerprint density at radius 2 is 1.41 bits per heavy atom. The van der Waals surface area contributed by atoms with Gasteiger partial charge >= 0.3 is 0 Å². The first-order valence-electron chi connectivity index (χ1n) is 14.4. The van der Waals surface area contributed by atoms with Crippen molar-refractivity contribution in [2.24, 2.45) is 5.92 Å². The van der Waals surface area contributed by atoms with Crippen LogP contribution in [0.25, 0.3) is 0 Å². The van der Waals surface area contributed by atoms with Gasteiger partial charge in [0.05, 0.1) is 13.2 Å². The molecular formula is C32H49NO5Si. The van der Waals surface area contributed by atoms with Gasteiger partial charge in [-0.25, -0.2) is 0 Å². The molecule has 2 aromatic rings. The molecular weight excluding hydrogens is 506 g/mol. The highest BCUT2D eigenvalue weighted by Crippen LogP contribution is 2.38. The van der Waals surface area contributed by atoms with Gasteiger partial charge in [0.25, 0.3) is 0 Å². The topological polar surface area (TPSA) is 58.2 Å². The van der Waals surface area contributed by atoms with Crippen molar-refractivity contribution >= 4 is 8.32 Å². The SMILES string of the molecule is CC1(C)OCc2cccc(CCC(CNCc3cccc4c3OC(C)(C)OC4)CO[Si](C)(C)C(C)(C)C)c2O1. The quantitative estimate of drug-likeness (QED) is 0.310. The lowest BCUT2D eigenvalue weighted by Crippen LogP contribution is -2.43. The monoisotopic (exact) mass is 555 g/mol. The van der Waals surface area contributed by atoms with Crippen molar-refractivity contribution in [1.29, 1.82) is 0 Å². The van der Waals surface area contributed by atoms with Gasteiger partial charge in [0.2, 0.25) is 11.6 Å². The summed E-state index contributed by atoms with van der Waals surface area (Å²) in [7, 11) is -1.86. The van der Waals surface area contributed by atoms with Crippen LogP contribution in [0.15, 0.2) is 36.4 Å². The second-order valence-electron chi connectivity index (χ2n) is 13.5. The smallest absolute Gasteiger partial charge is 0.205 e. The molecule has 2 heterocycles. The molecule has 2 aliphatic heterocycles. The van der Waals surface area contributed by atoms with Crippen molar-refractivity contribution < 1.29 is 23.4 Å². The van der Waals surface area contributed by atoms with Crippen LogP contribution in [0.1, 0.15) is 77.1 Å². The second kappa shape index (κ2) is 11.5.